The molecular weight excluding hydrogens is 140 g/mol. The van der Waals surface area contributed by atoms with Gasteiger partial charge in [0, 0.05) is 0 Å². The van der Waals surface area contributed by atoms with Crippen LogP contribution >= 0.6 is 0 Å². The zero-order valence-corrected chi connectivity index (χ0v) is 8.48. The van der Waals surface area contributed by atoms with E-state index in [1.54, 1.807) is 0 Å². The van der Waals surface area contributed by atoms with Crippen LogP contribution in [0.1, 0.15) is 20.3 Å². The molecule has 0 aliphatic rings. The molecule has 0 saturated heterocycles. The fourth-order valence-electron chi connectivity index (χ4n) is 0.412. The van der Waals surface area contributed by atoms with Gasteiger partial charge in [0.05, 0.1) is 6.26 Å². The maximum absolute atomic E-state index is 5.58. The second-order valence-electron chi connectivity index (χ2n) is 3.01. The van der Waals surface area contributed by atoms with E-state index in [2.05, 4.69) is 33.0 Å². The van der Waals surface area contributed by atoms with Gasteiger partial charge < -0.3 is 4.43 Å². The second kappa shape index (κ2) is 4.55. The summed E-state index contributed by atoms with van der Waals surface area (Å²) in [5, 5.41) is 0. The first-order chi connectivity index (χ1) is 4.62. The molecule has 0 saturated carbocycles. The summed E-state index contributed by atoms with van der Waals surface area (Å²) in [5.41, 5.74) is 0. The van der Waals surface area contributed by atoms with E-state index in [9.17, 15) is 0 Å². The second-order valence-corrected chi connectivity index (χ2v) is 7.47. The Morgan fingerprint density at radius 1 is 1.30 bits per heavy atom. The molecule has 0 N–H and O–H groups in total. The molecular formula is C8H18OSi. The summed E-state index contributed by atoms with van der Waals surface area (Å²) in [4.78, 5) is 0. The largest absolute Gasteiger partial charge is 0.550 e. The van der Waals surface area contributed by atoms with Gasteiger partial charge >= 0.3 is 0 Å². The van der Waals surface area contributed by atoms with Crippen molar-refractivity contribution in [1.82, 2.24) is 0 Å². The number of hydrogen-bond donors (Lipinski definition) is 0. The fraction of sp³-hybridized carbons (Fsp3) is 0.750. The lowest BCUT2D eigenvalue weighted by Crippen LogP contribution is -2.26. The van der Waals surface area contributed by atoms with Gasteiger partial charge in [0.15, 0.2) is 0 Å². The van der Waals surface area contributed by atoms with E-state index >= 15 is 0 Å². The Labute approximate surface area is 65.2 Å². The van der Waals surface area contributed by atoms with Crippen LogP contribution in [0.2, 0.25) is 19.1 Å². The van der Waals surface area contributed by atoms with Gasteiger partial charge in [-0.3, -0.25) is 0 Å². The molecule has 0 aromatic heterocycles. The molecule has 10 heavy (non-hydrogen) atoms. The summed E-state index contributed by atoms with van der Waals surface area (Å²) >= 11 is 0. The molecule has 0 amide bonds. The highest BCUT2D eigenvalue weighted by molar-refractivity contribution is 6.71. The molecule has 0 radical (unpaired) electrons. The molecule has 0 unspecified atom stereocenters. The van der Waals surface area contributed by atoms with Crippen LogP contribution in [0.15, 0.2) is 12.3 Å². The highest BCUT2D eigenvalue weighted by Crippen LogP contribution is 2.09. The Kier molecular flexibility index (Phi) is 4.44. The van der Waals surface area contributed by atoms with Gasteiger partial charge in [-0.25, -0.2) is 0 Å². The standard InChI is InChI=1S/C8H18OSi/c1-5-7-8-9-10(3,4)6-2/h7-8H,5-6H2,1-4H3/b8-7+. The SMILES string of the molecule is CC/C=C/O[Si](C)(C)CC. The quantitative estimate of drug-likeness (QED) is 0.451. The van der Waals surface area contributed by atoms with Crippen molar-refractivity contribution in [3.8, 4) is 0 Å². The van der Waals surface area contributed by atoms with Crippen molar-refractivity contribution in [2.45, 2.75) is 39.4 Å². The zero-order chi connectivity index (χ0) is 8.04. The molecule has 0 bridgehead atoms. The van der Waals surface area contributed by atoms with E-state index in [1.165, 1.54) is 6.04 Å². The van der Waals surface area contributed by atoms with Crippen LogP contribution in [-0.2, 0) is 4.43 Å². The summed E-state index contributed by atoms with van der Waals surface area (Å²) in [7, 11) is -1.30. The van der Waals surface area contributed by atoms with Gasteiger partial charge in [0.25, 0.3) is 0 Å². The van der Waals surface area contributed by atoms with Gasteiger partial charge in [-0.05, 0) is 25.6 Å². The van der Waals surface area contributed by atoms with Crippen molar-refractivity contribution in [3.63, 3.8) is 0 Å². The smallest absolute Gasteiger partial charge is 0.244 e. The minimum absolute atomic E-state index is 1.06. The first kappa shape index (κ1) is 9.76. The zero-order valence-electron chi connectivity index (χ0n) is 7.48. The Hall–Kier alpha value is -0.243. The van der Waals surface area contributed by atoms with Gasteiger partial charge in [-0.1, -0.05) is 19.9 Å². The molecule has 0 fully saturated rings. The molecule has 0 spiro atoms. The Balaban J connectivity index is 3.56. The number of rotatable bonds is 4. The van der Waals surface area contributed by atoms with Crippen LogP contribution in [0.3, 0.4) is 0 Å². The van der Waals surface area contributed by atoms with Crippen LogP contribution in [0, 0.1) is 0 Å². The van der Waals surface area contributed by atoms with Crippen LogP contribution in [0.5, 0.6) is 0 Å². The van der Waals surface area contributed by atoms with Crippen molar-refractivity contribution in [3.05, 3.63) is 12.3 Å². The Morgan fingerprint density at radius 3 is 2.30 bits per heavy atom. The van der Waals surface area contributed by atoms with Crippen molar-refractivity contribution < 1.29 is 4.43 Å². The van der Waals surface area contributed by atoms with E-state index in [1.807, 2.05) is 6.26 Å². The molecule has 0 heterocycles. The maximum atomic E-state index is 5.58. The Bertz CT molecular complexity index is 108. The van der Waals surface area contributed by atoms with Gasteiger partial charge in [0.2, 0.25) is 8.32 Å². The predicted molar refractivity (Wildman–Crippen MR) is 48.5 cm³/mol. The third kappa shape index (κ3) is 4.62. The lowest BCUT2D eigenvalue weighted by Gasteiger charge is -2.18. The molecule has 60 valence electrons. The van der Waals surface area contributed by atoms with E-state index < -0.39 is 8.32 Å². The Morgan fingerprint density at radius 2 is 1.90 bits per heavy atom. The van der Waals surface area contributed by atoms with Crippen LogP contribution in [0.25, 0.3) is 0 Å². The molecule has 0 atom stereocenters. The van der Waals surface area contributed by atoms with Crippen molar-refractivity contribution in [2.24, 2.45) is 0 Å². The van der Waals surface area contributed by atoms with E-state index in [0.29, 0.717) is 0 Å². The minimum Gasteiger partial charge on any atom is -0.550 e. The molecule has 0 aromatic rings. The van der Waals surface area contributed by atoms with E-state index in [0.717, 1.165) is 6.42 Å². The molecule has 0 aliphatic heterocycles. The topological polar surface area (TPSA) is 9.23 Å². The average Bonchev–Trinajstić information content (AvgIpc) is 1.89. The molecule has 0 rings (SSSR count). The third-order valence-electron chi connectivity index (χ3n) is 1.57. The summed E-state index contributed by atoms with van der Waals surface area (Å²) in [6.45, 7) is 8.76. The first-order valence-electron chi connectivity index (χ1n) is 3.95. The highest BCUT2D eigenvalue weighted by atomic mass is 28.4. The van der Waals surface area contributed by atoms with E-state index in [4.69, 9.17) is 4.43 Å². The number of hydrogen-bond acceptors (Lipinski definition) is 1. The molecule has 0 aliphatic carbocycles. The first-order valence-corrected chi connectivity index (χ1v) is 7.06. The summed E-state index contributed by atoms with van der Waals surface area (Å²) in [5.74, 6) is 0. The fourth-order valence-corrected chi connectivity index (χ4v) is 1.04. The van der Waals surface area contributed by atoms with Crippen LogP contribution in [0.4, 0.5) is 0 Å². The summed E-state index contributed by atoms with van der Waals surface area (Å²) in [6.07, 6.45) is 4.98. The molecule has 1 nitrogen and oxygen atoms in total. The average molecular weight is 158 g/mol. The third-order valence-corrected chi connectivity index (χ3v) is 4.05. The van der Waals surface area contributed by atoms with E-state index in [-0.39, 0.29) is 0 Å². The van der Waals surface area contributed by atoms with Crippen molar-refractivity contribution in [2.75, 3.05) is 0 Å². The predicted octanol–water partition coefficient (Wildman–Crippen LogP) is 3.15. The van der Waals surface area contributed by atoms with Crippen molar-refractivity contribution in [1.29, 1.82) is 0 Å². The van der Waals surface area contributed by atoms with Gasteiger partial charge in [-0.15, -0.1) is 0 Å². The number of allylic oxidation sites excluding steroid dienone is 1. The van der Waals surface area contributed by atoms with Crippen molar-refractivity contribution >= 4 is 8.32 Å². The highest BCUT2D eigenvalue weighted by Gasteiger charge is 2.18. The maximum Gasteiger partial charge on any atom is 0.244 e. The minimum atomic E-state index is -1.30. The van der Waals surface area contributed by atoms with Crippen LogP contribution in [-0.4, -0.2) is 8.32 Å². The lowest BCUT2D eigenvalue weighted by atomic mass is 10.5. The molecule has 2 heteroatoms. The summed E-state index contributed by atoms with van der Waals surface area (Å²) in [6, 6.07) is 1.18. The lowest BCUT2D eigenvalue weighted by molar-refractivity contribution is 0.470. The normalized spacial score (nSPS) is 12.4. The monoisotopic (exact) mass is 158 g/mol. The van der Waals surface area contributed by atoms with Gasteiger partial charge in [-0.2, -0.15) is 0 Å². The summed E-state index contributed by atoms with van der Waals surface area (Å²) < 4.78 is 5.58. The van der Waals surface area contributed by atoms with Gasteiger partial charge in [0.1, 0.15) is 0 Å². The molecule has 0 aromatic carbocycles. The van der Waals surface area contributed by atoms with Crippen LogP contribution < -0.4 is 0 Å².